The van der Waals surface area contributed by atoms with Crippen LogP contribution >= 0.6 is 0 Å². The molecule has 324 valence electrons. The summed E-state index contributed by atoms with van der Waals surface area (Å²) in [4.78, 5) is 0. The van der Waals surface area contributed by atoms with Crippen LogP contribution in [0.5, 0.6) is 0 Å². The van der Waals surface area contributed by atoms with Crippen molar-refractivity contribution in [2.45, 2.75) is 192 Å². The van der Waals surface area contributed by atoms with Gasteiger partial charge in [0.05, 0.1) is 43.2 Å². The van der Waals surface area contributed by atoms with Gasteiger partial charge in [0.1, 0.15) is 42.7 Å². The van der Waals surface area contributed by atoms with Crippen LogP contribution in [0.3, 0.4) is 0 Å². The van der Waals surface area contributed by atoms with Crippen LogP contribution in [0.15, 0.2) is 11.6 Å². The fourth-order valence-corrected chi connectivity index (χ4v) is 13.3. The monoisotopic (exact) mass is 800 g/mol. The van der Waals surface area contributed by atoms with Crippen molar-refractivity contribution >= 4 is 0 Å². The highest BCUT2D eigenvalue weighted by molar-refractivity contribution is 5.22. The molecular formula is C42H72O14. The number of hydrogen-bond acceptors (Lipinski definition) is 14. The van der Waals surface area contributed by atoms with E-state index in [1.165, 1.54) is 6.92 Å². The molecular weight excluding hydrogens is 728 g/mol. The molecule has 6 rings (SSSR count). The fourth-order valence-electron chi connectivity index (χ4n) is 13.3. The molecule has 0 amide bonds. The zero-order chi connectivity index (χ0) is 41.5. The van der Waals surface area contributed by atoms with E-state index in [1.54, 1.807) is 0 Å². The SMILES string of the molecule is C/C(=C/CC[C@](C)(O)[C@H]1CC[C@]2(C)[C@@H]1[C@H](O)C[C@@H]1[C@@]3(C)CC[C@H](O)C(C)(C)[C@@H]3[C@@H](O[C@@H]3O[C@H](CO)[C@@H](O)[C@H](O)[C@H]3O[C@@H]3O[C@@H](C)[C@H](O)[C@@H](O)[C@H]3O)C[C@]12C)CO. The molecule has 0 unspecified atom stereocenters. The first-order chi connectivity index (χ1) is 26.0. The summed E-state index contributed by atoms with van der Waals surface area (Å²) in [6.45, 7) is 15.4. The molecule has 0 bridgehead atoms. The van der Waals surface area contributed by atoms with Gasteiger partial charge >= 0.3 is 0 Å². The molecule has 14 heteroatoms. The van der Waals surface area contributed by atoms with Crippen LogP contribution in [-0.2, 0) is 18.9 Å². The Bertz CT molecular complexity index is 1410. The summed E-state index contributed by atoms with van der Waals surface area (Å²) in [5.74, 6) is -0.687. The average Bonchev–Trinajstić information content (AvgIpc) is 3.52. The van der Waals surface area contributed by atoms with Crippen molar-refractivity contribution in [2.24, 2.45) is 45.3 Å². The molecule has 2 heterocycles. The summed E-state index contributed by atoms with van der Waals surface area (Å²) in [5.41, 5.74) is -2.27. The number of allylic oxidation sites excluding steroid dienone is 1. The lowest BCUT2D eigenvalue weighted by molar-refractivity contribution is -0.382. The van der Waals surface area contributed by atoms with Crippen molar-refractivity contribution in [1.82, 2.24) is 0 Å². The molecule has 10 N–H and O–H groups in total. The van der Waals surface area contributed by atoms with Gasteiger partial charge in [-0.15, -0.1) is 0 Å². The Labute approximate surface area is 331 Å². The van der Waals surface area contributed by atoms with E-state index in [1.807, 2.05) is 33.8 Å². The van der Waals surface area contributed by atoms with Crippen molar-refractivity contribution in [3.05, 3.63) is 11.6 Å². The number of hydrogen-bond donors (Lipinski definition) is 10. The Kier molecular flexibility index (Phi) is 12.7. The summed E-state index contributed by atoms with van der Waals surface area (Å²) in [6.07, 6.45) is -9.83. The lowest BCUT2D eigenvalue weighted by Gasteiger charge is -2.72. The molecule has 0 aromatic heterocycles. The van der Waals surface area contributed by atoms with Crippen LogP contribution in [0, 0.1) is 45.3 Å². The van der Waals surface area contributed by atoms with Gasteiger partial charge in [-0.05, 0) is 117 Å². The second kappa shape index (κ2) is 15.9. The fraction of sp³-hybridized carbons (Fsp3) is 0.952. The molecule has 2 saturated heterocycles. The van der Waals surface area contributed by atoms with Crippen molar-refractivity contribution in [2.75, 3.05) is 13.2 Å². The summed E-state index contributed by atoms with van der Waals surface area (Å²) >= 11 is 0. The summed E-state index contributed by atoms with van der Waals surface area (Å²) in [7, 11) is 0. The van der Waals surface area contributed by atoms with E-state index < -0.39 is 114 Å². The van der Waals surface area contributed by atoms with E-state index in [9.17, 15) is 51.1 Å². The van der Waals surface area contributed by atoms with Crippen LogP contribution in [0.2, 0.25) is 0 Å². The van der Waals surface area contributed by atoms with Gasteiger partial charge in [-0.3, -0.25) is 0 Å². The molecule has 4 aliphatic carbocycles. The third kappa shape index (κ3) is 7.16. The van der Waals surface area contributed by atoms with Gasteiger partial charge < -0.3 is 70.0 Å². The number of fused-ring (bicyclic) bond motifs is 5. The maximum atomic E-state index is 12.3. The minimum Gasteiger partial charge on any atom is -0.394 e. The Morgan fingerprint density at radius 1 is 0.821 bits per heavy atom. The molecule has 56 heavy (non-hydrogen) atoms. The number of rotatable bonds is 10. The Morgan fingerprint density at radius 3 is 2.14 bits per heavy atom. The molecule has 6 aliphatic rings. The third-order valence-electron chi connectivity index (χ3n) is 16.7. The van der Waals surface area contributed by atoms with Crippen molar-refractivity contribution in [3.63, 3.8) is 0 Å². The van der Waals surface area contributed by atoms with E-state index in [4.69, 9.17) is 18.9 Å². The molecule has 14 nitrogen and oxygen atoms in total. The van der Waals surface area contributed by atoms with Crippen molar-refractivity contribution < 1.29 is 70.0 Å². The highest BCUT2D eigenvalue weighted by Gasteiger charge is 2.73. The highest BCUT2D eigenvalue weighted by Crippen LogP contribution is 2.76. The summed E-state index contributed by atoms with van der Waals surface area (Å²) in [5, 5.41) is 110. The second-order valence-electron chi connectivity index (χ2n) is 20.2. The van der Waals surface area contributed by atoms with E-state index in [0.717, 1.165) is 18.4 Å². The van der Waals surface area contributed by atoms with Crippen molar-refractivity contribution in [3.8, 4) is 0 Å². The van der Waals surface area contributed by atoms with E-state index in [2.05, 4.69) is 20.8 Å². The smallest absolute Gasteiger partial charge is 0.187 e. The van der Waals surface area contributed by atoms with Gasteiger partial charge in [0.25, 0.3) is 0 Å². The number of aliphatic hydroxyl groups is 10. The topological polar surface area (TPSA) is 239 Å². The maximum Gasteiger partial charge on any atom is 0.187 e. The third-order valence-corrected chi connectivity index (χ3v) is 16.7. The Hall–Kier alpha value is -0.820. The molecule has 0 radical (unpaired) electrons. The van der Waals surface area contributed by atoms with E-state index in [-0.39, 0.29) is 30.3 Å². The second-order valence-corrected chi connectivity index (χ2v) is 20.2. The van der Waals surface area contributed by atoms with Crippen molar-refractivity contribution in [1.29, 1.82) is 0 Å². The van der Waals surface area contributed by atoms with Crippen LogP contribution < -0.4 is 0 Å². The molecule has 0 aromatic carbocycles. The minimum atomic E-state index is -1.71. The molecule has 4 saturated carbocycles. The normalized spacial score (nSPS) is 53.1. The van der Waals surface area contributed by atoms with Gasteiger partial charge in [0.2, 0.25) is 0 Å². The zero-order valence-corrected chi connectivity index (χ0v) is 34.6. The van der Waals surface area contributed by atoms with Crippen LogP contribution in [0.1, 0.15) is 107 Å². The molecule has 0 spiro atoms. The molecule has 2 aliphatic heterocycles. The van der Waals surface area contributed by atoms with Gasteiger partial charge in [-0.25, -0.2) is 0 Å². The predicted molar refractivity (Wildman–Crippen MR) is 202 cm³/mol. The first-order valence-corrected chi connectivity index (χ1v) is 21.0. The number of aliphatic hydroxyl groups excluding tert-OH is 9. The summed E-state index contributed by atoms with van der Waals surface area (Å²) < 4.78 is 25.1. The van der Waals surface area contributed by atoms with Crippen LogP contribution in [-0.4, -0.2) is 150 Å². The van der Waals surface area contributed by atoms with Crippen LogP contribution in [0.4, 0.5) is 0 Å². The molecule has 21 atom stereocenters. The Morgan fingerprint density at radius 2 is 1.50 bits per heavy atom. The Balaban J connectivity index is 1.38. The average molecular weight is 801 g/mol. The lowest BCUT2D eigenvalue weighted by atomic mass is 9.34. The first kappa shape index (κ1) is 44.7. The van der Waals surface area contributed by atoms with E-state index >= 15 is 0 Å². The molecule has 6 fully saturated rings. The van der Waals surface area contributed by atoms with Gasteiger partial charge in [0, 0.05) is 0 Å². The van der Waals surface area contributed by atoms with Crippen LogP contribution in [0.25, 0.3) is 0 Å². The quantitative estimate of drug-likeness (QED) is 0.110. The van der Waals surface area contributed by atoms with E-state index in [0.29, 0.717) is 38.5 Å². The standard InChI is InChI=1S/C42H72O14/c1-20(18-43)10-9-13-42(8,52)22-11-15-40(6)28(22)23(45)16-26-39(5)14-12-27(46)38(3,4)35(39)24(17-41(26,40)7)54-37-34(32(50)30(48)25(19-44)55-37)56-36-33(51)31(49)29(47)21(2)53-36/h10,21-37,43-52H,9,11-19H2,1-8H3/b20-10-/t21-,22-,23+,24-,25+,26+,27-,28-,29-,30+,31+,32-,33+,34+,35-,36-,37+,39+,40+,41+,42-/m0/s1. The predicted octanol–water partition coefficient (Wildman–Crippen LogP) is 1.12. The van der Waals surface area contributed by atoms with Gasteiger partial charge in [-0.2, -0.15) is 0 Å². The molecule has 0 aromatic rings. The first-order valence-electron chi connectivity index (χ1n) is 21.0. The van der Waals surface area contributed by atoms with Gasteiger partial charge in [0.15, 0.2) is 12.6 Å². The largest absolute Gasteiger partial charge is 0.394 e. The zero-order valence-electron chi connectivity index (χ0n) is 34.6. The summed E-state index contributed by atoms with van der Waals surface area (Å²) in [6, 6.07) is 0. The minimum absolute atomic E-state index is 0.0128. The number of ether oxygens (including phenoxy) is 4. The highest BCUT2D eigenvalue weighted by atomic mass is 16.8. The van der Waals surface area contributed by atoms with Gasteiger partial charge in [-0.1, -0.05) is 46.3 Å². The lowest BCUT2D eigenvalue weighted by Crippen LogP contribution is -2.71. The maximum absolute atomic E-state index is 12.3.